The van der Waals surface area contributed by atoms with Gasteiger partial charge in [0.2, 0.25) is 0 Å². The Kier molecular flexibility index (Phi) is 6.37. The van der Waals surface area contributed by atoms with E-state index in [2.05, 4.69) is 13.2 Å². The molecule has 154 valence electrons. The van der Waals surface area contributed by atoms with Crippen molar-refractivity contribution >= 4 is 33.9 Å². The molecular weight excluding hydrogens is 384 g/mol. The van der Waals surface area contributed by atoms with Crippen LogP contribution in [0.15, 0.2) is 61.7 Å². The van der Waals surface area contributed by atoms with Gasteiger partial charge in [-0.15, -0.1) is 0 Å². The smallest absolute Gasteiger partial charge is 0.430 e. The molecule has 0 fully saturated rings. The van der Waals surface area contributed by atoms with Crippen LogP contribution in [0, 0.1) is 13.8 Å². The zero-order chi connectivity index (χ0) is 21.7. The summed E-state index contributed by atoms with van der Waals surface area (Å²) < 4.78 is 21.2. The van der Waals surface area contributed by atoms with Gasteiger partial charge in [-0.1, -0.05) is 61.2 Å². The number of rotatable bonds is 6. The van der Waals surface area contributed by atoms with Gasteiger partial charge in [-0.05, 0) is 25.5 Å². The maximum atomic E-state index is 12.2. The van der Waals surface area contributed by atoms with E-state index in [0.717, 1.165) is 11.1 Å². The first-order chi connectivity index (χ1) is 14.5. The second kappa shape index (κ2) is 9.13. The van der Waals surface area contributed by atoms with E-state index in [9.17, 15) is 9.59 Å². The van der Waals surface area contributed by atoms with Crippen LogP contribution >= 0.6 is 0 Å². The van der Waals surface area contributed by atoms with E-state index in [1.165, 1.54) is 12.2 Å². The maximum Gasteiger partial charge on any atom is 0.514 e. The number of carbonyl (C=O) groups is 2. The van der Waals surface area contributed by atoms with Crippen molar-refractivity contribution in [3.8, 4) is 11.5 Å². The Hall–Kier alpha value is -3.80. The maximum absolute atomic E-state index is 12.2. The number of hydrogen-bond donors (Lipinski definition) is 0. The number of hydrogen-bond acceptors (Lipinski definition) is 6. The summed E-state index contributed by atoms with van der Waals surface area (Å²) in [6, 6.07) is 11.0. The molecule has 0 aliphatic carbocycles. The summed E-state index contributed by atoms with van der Waals surface area (Å²) in [7, 11) is 0. The molecule has 6 heteroatoms. The summed E-state index contributed by atoms with van der Waals surface area (Å²) in [5.74, 6) is 0.659. The van der Waals surface area contributed by atoms with E-state index < -0.39 is 12.3 Å². The molecule has 0 amide bonds. The van der Waals surface area contributed by atoms with Crippen molar-refractivity contribution in [2.75, 3.05) is 13.2 Å². The van der Waals surface area contributed by atoms with Gasteiger partial charge < -0.3 is 18.9 Å². The molecular formula is C24H22O6. The lowest BCUT2D eigenvalue weighted by molar-refractivity contribution is 0.109. The van der Waals surface area contributed by atoms with Crippen LogP contribution in [0.5, 0.6) is 11.5 Å². The summed E-state index contributed by atoms with van der Waals surface area (Å²) in [4.78, 5) is 24.4. The van der Waals surface area contributed by atoms with Crippen molar-refractivity contribution in [2.24, 2.45) is 0 Å². The highest BCUT2D eigenvalue weighted by molar-refractivity contribution is 6.13. The molecule has 0 heterocycles. The van der Waals surface area contributed by atoms with Crippen LogP contribution in [0.1, 0.15) is 11.1 Å². The van der Waals surface area contributed by atoms with Crippen LogP contribution in [-0.2, 0) is 9.47 Å². The third-order valence-electron chi connectivity index (χ3n) is 4.38. The standard InChI is InChI=1S/C24H22O6/c1-5-11-27-23(25)29-21-17-9-7-8-10-18(17)22(30-24(26)28-12-6-2)20-16(4)13-15(3)14-19(20)21/h5-10,13-14H,1-2,11-12H2,3-4H3. The van der Waals surface area contributed by atoms with E-state index >= 15 is 0 Å². The van der Waals surface area contributed by atoms with E-state index in [-0.39, 0.29) is 13.2 Å². The fourth-order valence-corrected chi connectivity index (χ4v) is 3.30. The summed E-state index contributed by atoms with van der Waals surface area (Å²) in [6.45, 7) is 10.9. The van der Waals surface area contributed by atoms with Gasteiger partial charge in [0, 0.05) is 21.5 Å². The largest absolute Gasteiger partial charge is 0.514 e. The molecule has 0 aliphatic rings. The van der Waals surface area contributed by atoms with Gasteiger partial charge in [-0.2, -0.15) is 0 Å². The highest BCUT2D eigenvalue weighted by atomic mass is 16.7. The molecule has 0 saturated heterocycles. The second-order valence-corrected chi connectivity index (χ2v) is 6.61. The summed E-state index contributed by atoms with van der Waals surface area (Å²) >= 11 is 0. The van der Waals surface area contributed by atoms with E-state index in [1.54, 1.807) is 24.3 Å². The molecule has 0 N–H and O–H groups in total. The normalized spacial score (nSPS) is 10.5. The van der Waals surface area contributed by atoms with Crippen LogP contribution < -0.4 is 9.47 Å². The average Bonchev–Trinajstić information content (AvgIpc) is 2.72. The molecule has 0 radical (unpaired) electrons. The van der Waals surface area contributed by atoms with Crippen LogP contribution in [0.25, 0.3) is 21.5 Å². The Morgan fingerprint density at radius 1 is 0.833 bits per heavy atom. The lowest BCUT2D eigenvalue weighted by Crippen LogP contribution is -2.13. The molecule has 3 aromatic rings. The van der Waals surface area contributed by atoms with Crippen LogP contribution in [0.3, 0.4) is 0 Å². The third kappa shape index (κ3) is 4.27. The molecule has 30 heavy (non-hydrogen) atoms. The van der Waals surface area contributed by atoms with Crippen molar-refractivity contribution < 1.29 is 28.5 Å². The topological polar surface area (TPSA) is 71.1 Å². The Balaban J connectivity index is 2.27. The highest BCUT2D eigenvalue weighted by Gasteiger charge is 2.22. The Morgan fingerprint density at radius 3 is 1.93 bits per heavy atom. The number of aryl methyl sites for hydroxylation is 2. The minimum atomic E-state index is -0.848. The van der Waals surface area contributed by atoms with Gasteiger partial charge in [-0.3, -0.25) is 0 Å². The summed E-state index contributed by atoms with van der Waals surface area (Å²) in [6.07, 6.45) is 1.22. The van der Waals surface area contributed by atoms with Gasteiger partial charge in [0.05, 0.1) is 0 Å². The molecule has 0 aliphatic heterocycles. The van der Waals surface area contributed by atoms with Crippen molar-refractivity contribution in [1.82, 2.24) is 0 Å². The zero-order valence-corrected chi connectivity index (χ0v) is 16.9. The number of ether oxygens (including phenoxy) is 4. The molecule has 3 rings (SSSR count). The second-order valence-electron chi connectivity index (χ2n) is 6.61. The summed E-state index contributed by atoms with van der Waals surface area (Å²) in [5.41, 5.74) is 1.81. The molecule has 6 nitrogen and oxygen atoms in total. The van der Waals surface area contributed by atoms with E-state index in [0.29, 0.717) is 33.0 Å². The SMILES string of the molecule is C=CCOC(=O)Oc1c2ccccc2c(OC(=O)OCC=C)c2c(C)cc(C)cc12. The predicted octanol–water partition coefficient (Wildman–Crippen LogP) is 6.01. The van der Waals surface area contributed by atoms with E-state index in [1.807, 2.05) is 26.0 Å². The predicted molar refractivity (Wildman–Crippen MR) is 115 cm³/mol. The van der Waals surface area contributed by atoms with Crippen molar-refractivity contribution in [1.29, 1.82) is 0 Å². The molecule has 0 saturated carbocycles. The van der Waals surface area contributed by atoms with Crippen LogP contribution in [-0.4, -0.2) is 25.5 Å². The molecule has 0 spiro atoms. The summed E-state index contributed by atoms with van der Waals surface area (Å²) in [5, 5.41) is 2.45. The molecule has 3 aromatic carbocycles. The average molecular weight is 406 g/mol. The molecule has 0 unspecified atom stereocenters. The minimum Gasteiger partial charge on any atom is -0.430 e. The van der Waals surface area contributed by atoms with Crippen LogP contribution in [0.4, 0.5) is 9.59 Å². The Morgan fingerprint density at radius 2 is 1.37 bits per heavy atom. The first-order valence-electron chi connectivity index (χ1n) is 9.33. The first-order valence-corrected chi connectivity index (χ1v) is 9.33. The van der Waals surface area contributed by atoms with Crippen molar-refractivity contribution in [3.63, 3.8) is 0 Å². The monoisotopic (exact) mass is 406 g/mol. The molecule has 0 atom stereocenters. The number of carbonyl (C=O) groups excluding carboxylic acids is 2. The van der Waals surface area contributed by atoms with Gasteiger partial charge in [-0.25, -0.2) is 9.59 Å². The third-order valence-corrected chi connectivity index (χ3v) is 4.38. The Bertz CT molecular complexity index is 1150. The molecule has 0 bridgehead atoms. The zero-order valence-electron chi connectivity index (χ0n) is 16.9. The highest BCUT2D eigenvalue weighted by Crippen LogP contribution is 2.44. The van der Waals surface area contributed by atoms with E-state index in [4.69, 9.17) is 18.9 Å². The van der Waals surface area contributed by atoms with Gasteiger partial charge in [0.25, 0.3) is 0 Å². The minimum absolute atomic E-state index is 0.0308. The van der Waals surface area contributed by atoms with Crippen molar-refractivity contribution in [2.45, 2.75) is 13.8 Å². The van der Waals surface area contributed by atoms with Gasteiger partial charge in [0.1, 0.15) is 19.0 Å². The van der Waals surface area contributed by atoms with Gasteiger partial charge in [0.15, 0.2) is 5.75 Å². The quantitative estimate of drug-likeness (QED) is 0.216. The van der Waals surface area contributed by atoms with Gasteiger partial charge >= 0.3 is 12.3 Å². The fourth-order valence-electron chi connectivity index (χ4n) is 3.30. The lowest BCUT2D eigenvalue weighted by Gasteiger charge is -2.18. The first kappa shape index (κ1) is 20.9. The van der Waals surface area contributed by atoms with Crippen LogP contribution in [0.2, 0.25) is 0 Å². The Labute approximate surface area is 174 Å². The lowest BCUT2D eigenvalue weighted by atomic mass is 9.96. The van der Waals surface area contributed by atoms with Crippen molar-refractivity contribution in [3.05, 3.63) is 72.8 Å². The fraction of sp³-hybridized carbons (Fsp3) is 0.167. The number of benzene rings is 3. The number of fused-ring (bicyclic) bond motifs is 2. The molecule has 0 aromatic heterocycles.